The number of hydrogen-bond acceptors (Lipinski definition) is 6. The molecule has 0 aromatic heterocycles. The number of carbonyl (C=O) groups excluding carboxylic acids is 2. The van der Waals surface area contributed by atoms with Gasteiger partial charge in [0.05, 0.1) is 27.4 Å². The number of hydrogen-bond donors (Lipinski definition) is 1. The minimum Gasteiger partial charge on any atom is -0.497 e. The third-order valence-electron chi connectivity index (χ3n) is 6.33. The van der Waals surface area contributed by atoms with Crippen LogP contribution in [0.3, 0.4) is 0 Å². The van der Waals surface area contributed by atoms with E-state index in [9.17, 15) is 14.7 Å². The molecular weight excluding hydrogens is 432 g/mol. The van der Waals surface area contributed by atoms with Gasteiger partial charge in [0.2, 0.25) is 0 Å². The van der Waals surface area contributed by atoms with E-state index in [4.69, 9.17) is 14.2 Å². The van der Waals surface area contributed by atoms with Crippen LogP contribution in [0.4, 0.5) is 0 Å². The van der Waals surface area contributed by atoms with Gasteiger partial charge in [0.15, 0.2) is 0 Å². The number of rotatable bonds is 11. The first-order valence-electron chi connectivity index (χ1n) is 11.0. The Kier molecular flexibility index (Phi) is 7.87. The van der Waals surface area contributed by atoms with Crippen molar-refractivity contribution in [3.05, 3.63) is 95.6 Å². The van der Waals surface area contributed by atoms with E-state index in [2.05, 4.69) is 0 Å². The second-order valence-electron chi connectivity index (χ2n) is 8.15. The normalized spacial score (nSPS) is 11.7. The Morgan fingerprint density at radius 2 is 1.12 bits per heavy atom. The van der Waals surface area contributed by atoms with Gasteiger partial charge in [0.1, 0.15) is 34.1 Å². The Morgan fingerprint density at radius 3 is 1.47 bits per heavy atom. The lowest BCUT2D eigenvalue weighted by molar-refractivity contribution is -0.150. The molecule has 3 aromatic carbocycles. The standard InChI is InChI=1S/C28H30O6/c1-20(30)27(18-29,21(2)31)19-34-28(22-8-6-5-7-9-22,23-10-14-25(32-3)15-11-23)24-12-16-26(33-4)17-13-24/h5-17,29H,18-19H2,1-4H3. The summed E-state index contributed by atoms with van der Waals surface area (Å²) in [7, 11) is 3.18. The molecule has 0 radical (unpaired) electrons. The Balaban J connectivity index is 2.28. The van der Waals surface area contributed by atoms with Gasteiger partial charge in [-0.15, -0.1) is 0 Å². The van der Waals surface area contributed by atoms with Gasteiger partial charge in [-0.1, -0.05) is 54.6 Å². The molecule has 0 unspecified atom stereocenters. The molecule has 0 aliphatic heterocycles. The zero-order valence-corrected chi connectivity index (χ0v) is 19.9. The predicted molar refractivity (Wildman–Crippen MR) is 129 cm³/mol. The summed E-state index contributed by atoms with van der Waals surface area (Å²) in [5.74, 6) is 0.457. The van der Waals surface area contributed by atoms with Crippen molar-refractivity contribution in [3.63, 3.8) is 0 Å². The summed E-state index contributed by atoms with van der Waals surface area (Å²) in [6.07, 6.45) is 0. The van der Waals surface area contributed by atoms with E-state index in [-0.39, 0.29) is 6.61 Å². The number of methoxy groups -OCH3 is 2. The number of ether oxygens (including phenoxy) is 3. The minimum absolute atomic E-state index is 0.304. The van der Waals surface area contributed by atoms with E-state index in [1.807, 2.05) is 78.9 Å². The summed E-state index contributed by atoms with van der Waals surface area (Å²) in [5, 5.41) is 10.1. The maximum atomic E-state index is 12.5. The highest BCUT2D eigenvalue weighted by Gasteiger charge is 2.45. The van der Waals surface area contributed by atoms with E-state index in [0.717, 1.165) is 16.7 Å². The number of carbonyl (C=O) groups is 2. The molecule has 0 aliphatic rings. The van der Waals surface area contributed by atoms with Crippen molar-refractivity contribution in [1.29, 1.82) is 0 Å². The molecule has 6 heteroatoms. The Bertz CT molecular complexity index is 1040. The van der Waals surface area contributed by atoms with Crippen molar-refractivity contribution in [2.45, 2.75) is 19.4 Å². The Hall–Kier alpha value is -3.48. The summed E-state index contributed by atoms with van der Waals surface area (Å²) in [4.78, 5) is 25.1. The number of aliphatic hydroxyl groups excluding tert-OH is 1. The fraction of sp³-hybridized carbons (Fsp3) is 0.286. The molecule has 6 nitrogen and oxygen atoms in total. The van der Waals surface area contributed by atoms with Crippen molar-refractivity contribution in [2.24, 2.45) is 5.41 Å². The summed E-state index contributed by atoms with van der Waals surface area (Å²) in [6.45, 7) is 1.65. The first-order valence-corrected chi connectivity index (χ1v) is 11.0. The first-order chi connectivity index (χ1) is 16.3. The van der Waals surface area contributed by atoms with Crippen LogP contribution in [0.2, 0.25) is 0 Å². The number of aliphatic hydroxyl groups is 1. The largest absolute Gasteiger partial charge is 0.497 e. The molecule has 178 valence electrons. The SMILES string of the molecule is COc1ccc(C(OCC(CO)(C(C)=O)C(C)=O)(c2ccccc2)c2ccc(OC)cc2)cc1. The average Bonchev–Trinajstić information content (AvgIpc) is 2.87. The second-order valence-corrected chi connectivity index (χ2v) is 8.15. The van der Waals surface area contributed by atoms with Gasteiger partial charge in [-0.3, -0.25) is 9.59 Å². The summed E-state index contributed by atoms with van der Waals surface area (Å²) in [5.41, 5.74) is -0.527. The fourth-order valence-corrected chi connectivity index (χ4v) is 4.03. The molecule has 0 spiro atoms. The number of benzene rings is 3. The van der Waals surface area contributed by atoms with Crippen LogP contribution in [0.5, 0.6) is 11.5 Å². The van der Waals surface area contributed by atoms with Gasteiger partial charge < -0.3 is 19.3 Å². The molecule has 1 N–H and O–H groups in total. The van der Waals surface area contributed by atoms with Crippen LogP contribution < -0.4 is 9.47 Å². The molecular formula is C28H30O6. The maximum Gasteiger partial charge on any atom is 0.148 e. The smallest absolute Gasteiger partial charge is 0.148 e. The van der Waals surface area contributed by atoms with Crippen LogP contribution in [0.1, 0.15) is 30.5 Å². The van der Waals surface area contributed by atoms with Crippen molar-refractivity contribution in [1.82, 2.24) is 0 Å². The lowest BCUT2D eigenvalue weighted by atomic mass is 9.78. The minimum atomic E-state index is -1.67. The van der Waals surface area contributed by atoms with Gasteiger partial charge in [-0.2, -0.15) is 0 Å². The fourth-order valence-electron chi connectivity index (χ4n) is 4.03. The molecule has 0 bridgehead atoms. The molecule has 34 heavy (non-hydrogen) atoms. The Labute approximate surface area is 200 Å². The lowest BCUT2D eigenvalue weighted by Crippen LogP contribution is -2.47. The maximum absolute atomic E-state index is 12.5. The van der Waals surface area contributed by atoms with Gasteiger partial charge in [0.25, 0.3) is 0 Å². The highest BCUT2D eigenvalue weighted by Crippen LogP contribution is 2.43. The van der Waals surface area contributed by atoms with Crippen LogP contribution >= 0.6 is 0 Å². The monoisotopic (exact) mass is 462 g/mol. The van der Waals surface area contributed by atoms with Gasteiger partial charge >= 0.3 is 0 Å². The van der Waals surface area contributed by atoms with Crippen LogP contribution in [-0.4, -0.2) is 44.1 Å². The lowest BCUT2D eigenvalue weighted by Gasteiger charge is -2.39. The van der Waals surface area contributed by atoms with Crippen LogP contribution in [0, 0.1) is 5.41 Å². The third kappa shape index (κ3) is 4.60. The molecule has 0 saturated heterocycles. The summed E-state index contributed by atoms with van der Waals surface area (Å²) < 4.78 is 17.3. The number of ketones is 2. The Morgan fingerprint density at radius 1 is 0.706 bits per heavy atom. The molecule has 0 amide bonds. The molecule has 0 heterocycles. The van der Waals surface area contributed by atoms with E-state index in [1.165, 1.54) is 13.8 Å². The second kappa shape index (κ2) is 10.6. The van der Waals surface area contributed by atoms with Crippen LogP contribution in [0.25, 0.3) is 0 Å². The van der Waals surface area contributed by atoms with E-state index in [1.54, 1.807) is 14.2 Å². The van der Waals surface area contributed by atoms with Crippen LogP contribution in [0.15, 0.2) is 78.9 Å². The highest BCUT2D eigenvalue weighted by atomic mass is 16.5. The summed E-state index contributed by atoms with van der Waals surface area (Å²) in [6, 6.07) is 24.4. The average molecular weight is 463 g/mol. The quantitative estimate of drug-likeness (QED) is 0.340. The van der Waals surface area contributed by atoms with Gasteiger partial charge in [-0.05, 0) is 54.8 Å². The third-order valence-corrected chi connectivity index (χ3v) is 6.33. The zero-order valence-electron chi connectivity index (χ0n) is 19.9. The molecule has 0 aliphatic carbocycles. The van der Waals surface area contributed by atoms with Crippen molar-refractivity contribution >= 4 is 11.6 Å². The van der Waals surface area contributed by atoms with Crippen molar-refractivity contribution < 1.29 is 28.9 Å². The topological polar surface area (TPSA) is 82.1 Å². The molecule has 0 fully saturated rings. The highest BCUT2D eigenvalue weighted by molar-refractivity contribution is 6.05. The molecule has 3 rings (SSSR count). The molecule has 0 saturated carbocycles. The number of Topliss-reactive ketones (excluding diaryl/α,β-unsaturated/α-hetero) is 2. The van der Waals surface area contributed by atoms with Crippen molar-refractivity contribution in [3.8, 4) is 11.5 Å². The molecule has 3 aromatic rings. The van der Waals surface area contributed by atoms with E-state index < -0.39 is 29.2 Å². The first kappa shape index (κ1) is 25.1. The van der Waals surface area contributed by atoms with Gasteiger partial charge in [-0.25, -0.2) is 0 Å². The summed E-state index contributed by atoms with van der Waals surface area (Å²) >= 11 is 0. The van der Waals surface area contributed by atoms with Crippen LogP contribution in [-0.2, 0) is 19.9 Å². The zero-order chi connectivity index (χ0) is 24.8. The molecule has 0 atom stereocenters. The van der Waals surface area contributed by atoms with Gasteiger partial charge in [0, 0.05) is 0 Å². The van der Waals surface area contributed by atoms with Crippen molar-refractivity contribution in [2.75, 3.05) is 27.4 Å². The predicted octanol–water partition coefficient (Wildman–Crippen LogP) is 4.17. The van der Waals surface area contributed by atoms with E-state index >= 15 is 0 Å². The van der Waals surface area contributed by atoms with E-state index in [0.29, 0.717) is 11.5 Å².